The molecule has 0 bridgehead atoms. The van der Waals surface area contributed by atoms with E-state index in [1.54, 1.807) is 24.3 Å². The average Bonchev–Trinajstić information content (AvgIpc) is 3.01. The van der Waals surface area contributed by atoms with Crippen LogP contribution in [0.3, 0.4) is 0 Å². The quantitative estimate of drug-likeness (QED) is 0.343. The summed E-state index contributed by atoms with van der Waals surface area (Å²) in [5, 5.41) is 11.1. The van der Waals surface area contributed by atoms with E-state index in [-0.39, 0.29) is 11.3 Å². The first-order valence-corrected chi connectivity index (χ1v) is 11.0. The lowest BCUT2D eigenvalue weighted by molar-refractivity contribution is -0.140. The Balaban J connectivity index is 2.06. The molecule has 0 aliphatic carbocycles. The van der Waals surface area contributed by atoms with Gasteiger partial charge in [0.15, 0.2) is 0 Å². The van der Waals surface area contributed by atoms with Crippen LogP contribution in [0, 0.1) is 0 Å². The number of carbonyl (C=O) groups excluding carboxylic acids is 2. The van der Waals surface area contributed by atoms with E-state index in [1.165, 1.54) is 4.90 Å². The Morgan fingerprint density at radius 3 is 2.48 bits per heavy atom. The molecule has 0 spiro atoms. The van der Waals surface area contributed by atoms with Crippen molar-refractivity contribution >= 4 is 33.4 Å². The first-order chi connectivity index (χ1) is 14.8. The standard InChI is InChI=1S/C24H27BrN2O4/c1-4-14-31-19-10-8-16(9-11-19)22(28)20-21(17-6-5-7-18(25)15-17)27(13-12-26(2)3)24(30)23(20)29/h5-11,15,21,28H,4,12-14H2,1-3H3. The zero-order valence-electron chi connectivity index (χ0n) is 18.0. The van der Waals surface area contributed by atoms with E-state index in [9.17, 15) is 14.7 Å². The minimum atomic E-state index is -0.674. The number of benzene rings is 2. The van der Waals surface area contributed by atoms with Crippen molar-refractivity contribution in [2.75, 3.05) is 33.8 Å². The van der Waals surface area contributed by atoms with Crippen molar-refractivity contribution in [1.29, 1.82) is 0 Å². The first-order valence-electron chi connectivity index (χ1n) is 10.2. The number of halogens is 1. The number of ketones is 1. The third kappa shape index (κ3) is 5.17. The lowest BCUT2D eigenvalue weighted by atomic mass is 9.95. The summed E-state index contributed by atoms with van der Waals surface area (Å²) in [4.78, 5) is 29.4. The van der Waals surface area contributed by atoms with Crippen molar-refractivity contribution in [3.8, 4) is 5.75 Å². The monoisotopic (exact) mass is 486 g/mol. The molecule has 7 heteroatoms. The van der Waals surface area contributed by atoms with Gasteiger partial charge < -0.3 is 19.6 Å². The average molecular weight is 487 g/mol. The molecule has 1 atom stereocenters. The number of ether oxygens (including phenoxy) is 1. The van der Waals surface area contributed by atoms with Gasteiger partial charge in [-0.2, -0.15) is 0 Å². The zero-order chi connectivity index (χ0) is 22.5. The van der Waals surface area contributed by atoms with Crippen LogP contribution in [0.25, 0.3) is 5.76 Å². The first kappa shape index (κ1) is 23.0. The molecule has 1 aliphatic rings. The molecule has 164 valence electrons. The number of hydrogen-bond acceptors (Lipinski definition) is 5. The Bertz CT molecular complexity index is 985. The highest BCUT2D eigenvalue weighted by molar-refractivity contribution is 9.10. The molecular weight excluding hydrogens is 460 g/mol. The Morgan fingerprint density at radius 1 is 1.16 bits per heavy atom. The van der Waals surface area contributed by atoms with Gasteiger partial charge in [0, 0.05) is 23.1 Å². The normalized spacial score (nSPS) is 18.1. The van der Waals surface area contributed by atoms with Gasteiger partial charge in [-0.25, -0.2) is 0 Å². The van der Waals surface area contributed by atoms with Gasteiger partial charge in [-0.3, -0.25) is 9.59 Å². The van der Waals surface area contributed by atoms with Gasteiger partial charge in [0.05, 0.1) is 18.2 Å². The fraction of sp³-hybridized carbons (Fsp3) is 0.333. The maximum Gasteiger partial charge on any atom is 0.295 e. The van der Waals surface area contributed by atoms with Crippen molar-refractivity contribution in [3.63, 3.8) is 0 Å². The van der Waals surface area contributed by atoms with Crippen LogP contribution in [-0.4, -0.2) is 60.4 Å². The number of rotatable bonds is 8. The second kappa shape index (κ2) is 10.1. The third-order valence-corrected chi connectivity index (χ3v) is 5.59. The number of aliphatic hydroxyl groups excluding tert-OH is 1. The number of likely N-dealkylation sites (tertiary alicyclic amines) is 1. The Hall–Kier alpha value is -2.64. The van der Waals surface area contributed by atoms with Crippen LogP contribution >= 0.6 is 15.9 Å². The molecule has 2 aromatic carbocycles. The summed E-state index contributed by atoms with van der Waals surface area (Å²) in [7, 11) is 3.82. The van der Waals surface area contributed by atoms with E-state index in [1.807, 2.05) is 50.2 Å². The summed E-state index contributed by atoms with van der Waals surface area (Å²) in [6, 6.07) is 13.7. The van der Waals surface area contributed by atoms with E-state index in [0.29, 0.717) is 31.0 Å². The lowest BCUT2D eigenvalue weighted by Crippen LogP contribution is -2.35. The molecule has 1 unspecified atom stereocenters. The van der Waals surface area contributed by atoms with Crippen LogP contribution in [0.4, 0.5) is 0 Å². The van der Waals surface area contributed by atoms with Crippen molar-refractivity contribution in [1.82, 2.24) is 9.80 Å². The molecule has 0 radical (unpaired) electrons. The fourth-order valence-electron chi connectivity index (χ4n) is 3.53. The predicted octanol–water partition coefficient (Wildman–Crippen LogP) is 4.22. The molecule has 1 aliphatic heterocycles. The Labute approximate surface area is 191 Å². The summed E-state index contributed by atoms with van der Waals surface area (Å²) >= 11 is 3.46. The van der Waals surface area contributed by atoms with Gasteiger partial charge in [0.25, 0.3) is 11.7 Å². The fourth-order valence-corrected chi connectivity index (χ4v) is 3.94. The topological polar surface area (TPSA) is 70.1 Å². The van der Waals surface area contributed by atoms with E-state index < -0.39 is 17.7 Å². The highest BCUT2D eigenvalue weighted by Crippen LogP contribution is 2.40. The number of nitrogens with zero attached hydrogens (tertiary/aromatic N) is 2. The largest absolute Gasteiger partial charge is 0.507 e. The molecule has 1 amide bonds. The second-order valence-electron chi connectivity index (χ2n) is 7.72. The minimum Gasteiger partial charge on any atom is -0.507 e. The third-order valence-electron chi connectivity index (χ3n) is 5.09. The van der Waals surface area contributed by atoms with Gasteiger partial charge in [-0.15, -0.1) is 0 Å². The summed E-state index contributed by atoms with van der Waals surface area (Å²) < 4.78 is 6.43. The van der Waals surface area contributed by atoms with E-state index >= 15 is 0 Å². The van der Waals surface area contributed by atoms with E-state index in [2.05, 4.69) is 15.9 Å². The van der Waals surface area contributed by atoms with E-state index in [4.69, 9.17) is 4.74 Å². The van der Waals surface area contributed by atoms with Gasteiger partial charge in [0.1, 0.15) is 11.5 Å². The maximum atomic E-state index is 13.0. The molecule has 1 heterocycles. The predicted molar refractivity (Wildman–Crippen MR) is 124 cm³/mol. The zero-order valence-corrected chi connectivity index (χ0v) is 19.6. The van der Waals surface area contributed by atoms with Crippen molar-refractivity contribution in [3.05, 3.63) is 69.7 Å². The highest BCUT2D eigenvalue weighted by Gasteiger charge is 2.45. The molecule has 0 saturated carbocycles. The van der Waals surface area contributed by atoms with Crippen LogP contribution < -0.4 is 4.74 Å². The molecule has 1 N–H and O–H groups in total. The van der Waals surface area contributed by atoms with Crippen LogP contribution in [0.1, 0.15) is 30.5 Å². The van der Waals surface area contributed by atoms with Crippen LogP contribution in [0.5, 0.6) is 5.75 Å². The van der Waals surface area contributed by atoms with Crippen molar-refractivity contribution < 1.29 is 19.4 Å². The number of hydrogen-bond donors (Lipinski definition) is 1. The number of amides is 1. The van der Waals surface area contributed by atoms with Crippen LogP contribution in [-0.2, 0) is 9.59 Å². The number of Topliss-reactive ketones (excluding diaryl/α,β-unsaturated/α-hetero) is 1. The Kier molecular flexibility index (Phi) is 7.51. The maximum absolute atomic E-state index is 13.0. The number of carbonyl (C=O) groups is 2. The van der Waals surface area contributed by atoms with E-state index in [0.717, 1.165) is 16.5 Å². The molecule has 0 aromatic heterocycles. The van der Waals surface area contributed by atoms with Gasteiger partial charge in [0.2, 0.25) is 0 Å². The van der Waals surface area contributed by atoms with Crippen LogP contribution in [0.15, 0.2) is 58.6 Å². The summed E-state index contributed by atoms with van der Waals surface area (Å²) in [5.41, 5.74) is 1.33. The molecule has 1 saturated heterocycles. The highest BCUT2D eigenvalue weighted by atomic mass is 79.9. The smallest absolute Gasteiger partial charge is 0.295 e. The van der Waals surface area contributed by atoms with Gasteiger partial charge >= 0.3 is 0 Å². The van der Waals surface area contributed by atoms with Crippen molar-refractivity contribution in [2.45, 2.75) is 19.4 Å². The molecule has 2 aromatic rings. The molecular formula is C24H27BrN2O4. The van der Waals surface area contributed by atoms with Gasteiger partial charge in [-0.05, 0) is 62.5 Å². The molecule has 3 rings (SSSR count). The summed E-state index contributed by atoms with van der Waals surface area (Å²) in [6.07, 6.45) is 0.894. The summed E-state index contributed by atoms with van der Waals surface area (Å²) in [6.45, 7) is 3.60. The van der Waals surface area contributed by atoms with Crippen molar-refractivity contribution in [2.24, 2.45) is 0 Å². The minimum absolute atomic E-state index is 0.101. The molecule has 31 heavy (non-hydrogen) atoms. The Morgan fingerprint density at radius 2 is 1.87 bits per heavy atom. The summed E-state index contributed by atoms with van der Waals surface area (Å²) in [5.74, 6) is -0.769. The van der Waals surface area contributed by atoms with Gasteiger partial charge in [-0.1, -0.05) is 35.0 Å². The SMILES string of the molecule is CCCOc1ccc(C(O)=C2C(=O)C(=O)N(CCN(C)C)C2c2cccc(Br)c2)cc1. The molecule has 6 nitrogen and oxygen atoms in total. The molecule has 1 fully saturated rings. The number of aliphatic hydroxyl groups is 1. The second-order valence-corrected chi connectivity index (χ2v) is 8.64. The number of likely N-dealkylation sites (N-methyl/N-ethyl adjacent to an activating group) is 1. The lowest BCUT2D eigenvalue weighted by Gasteiger charge is -2.26. The van der Waals surface area contributed by atoms with Crippen LogP contribution in [0.2, 0.25) is 0 Å².